The van der Waals surface area contributed by atoms with Crippen LogP contribution in [0.5, 0.6) is 0 Å². The van der Waals surface area contributed by atoms with E-state index in [9.17, 15) is 0 Å². The van der Waals surface area contributed by atoms with Gasteiger partial charge >= 0.3 is 0 Å². The van der Waals surface area contributed by atoms with Crippen molar-refractivity contribution < 1.29 is 0 Å². The minimum absolute atomic E-state index is 0.776. The summed E-state index contributed by atoms with van der Waals surface area (Å²) < 4.78 is 0. The van der Waals surface area contributed by atoms with Crippen LogP contribution in [0.4, 0.5) is 0 Å². The van der Waals surface area contributed by atoms with Crippen molar-refractivity contribution in [2.24, 2.45) is 9.98 Å². The first-order valence-corrected chi connectivity index (χ1v) is 5.16. The van der Waals surface area contributed by atoms with Gasteiger partial charge in [-0.25, -0.2) is 0 Å². The van der Waals surface area contributed by atoms with Gasteiger partial charge in [-0.3, -0.25) is 9.98 Å². The van der Waals surface area contributed by atoms with Gasteiger partial charge in [0.05, 0.1) is 6.29 Å². The maximum Gasteiger partial charge on any atom is 0.0795 e. The standard InChI is InChI=1S/C9H15N2P/c1-4-10-7-9(2)5-6-11-8-12-3/h6-7H,2-5,8H2,1H3. The fourth-order valence-corrected chi connectivity index (χ4v) is 0.801. The van der Waals surface area contributed by atoms with Gasteiger partial charge in [-0.1, -0.05) is 21.1 Å². The molecule has 0 radical (unpaired) electrons. The molecule has 0 aromatic heterocycles. The zero-order valence-electron chi connectivity index (χ0n) is 7.53. The molecule has 2 nitrogen and oxygen atoms in total. The fourth-order valence-electron chi connectivity index (χ4n) is 0.570. The Kier molecular flexibility index (Phi) is 7.83. The summed E-state index contributed by atoms with van der Waals surface area (Å²) >= 11 is 0. The molecule has 0 aromatic carbocycles. The van der Waals surface area contributed by atoms with E-state index in [0.29, 0.717) is 0 Å². The highest BCUT2D eigenvalue weighted by Gasteiger charge is 1.83. The Morgan fingerprint density at radius 3 is 2.83 bits per heavy atom. The van der Waals surface area contributed by atoms with Crippen molar-refractivity contribution in [3.63, 3.8) is 0 Å². The summed E-state index contributed by atoms with van der Waals surface area (Å²) in [5.74, 6) is 0. The SMILES string of the molecule is C=PCN=CCC(=C)C=NCC. The molecule has 0 aromatic rings. The molecule has 0 amide bonds. The van der Waals surface area contributed by atoms with Crippen LogP contribution in [-0.2, 0) is 0 Å². The van der Waals surface area contributed by atoms with Crippen LogP contribution < -0.4 is 0 Å². The molecule has 0 aliphatic carbocycles. The van der Waals surface area contributed by atoms with Crippen LogP contribution in [0.3, 0.4) is 0 Å². The molecule has 0 heterocycles. The molecule has 0 fully saturated rings. The molecule has 0 aliphatic rings. The molecule has 0 bridgehead atoms. The van der Waals surface area contributed by atoms with Gasteiger partial charge in [0.2, 0.25) is 0 Å². The van der Waals surface area contributed by atoms with Gasteiger partial charge in [0, 0.05) is 25.4 Å². The predicted molar refractivity (Wildman–Crippen MR) is 60.2 cm³/mol. The number of nitrogens with zero attached hydrogens (tertiary/aromatic N) is 2. The second-order valence-electron chi connectivity index (χ2n) is 2.22. The Bertz CT molecular complexity index is 195. The van der Waals surface area contributed by atoms with Crippen molar-refractivity contribution in [1.82, 2.24) is 0 Å². The van der Waals surface area contributed by atoms with Crippen LogP contribution in [0.25, 0.3) is 0 Å². The highest BCUT2D eigenvalue weighted by atomic mass is 31.1. The first-order chi connectivity index (χ1) is 5.81. The topological polar surface area (TPSA) is 24.7 Å². The smallest absolute Gasteiger partial charge is 0.0795 e. The van der Waals surface area contributed by atoms with E-state index >= 15 is 0 Å². The van der Waals surface area contributed by atoms with E-state index < -0.39 is 0 Å². The molecule has 0 unspecified atom stereocenters. The predicted octanol–water partition coefficient (Wildman–Crippen LogP) is 2.43. The highest BCUT2D eigenvalue weighted by molar-refractivity contribution is 7.36. The zero-order valence-corrected chi connectivity index (χ0v) is 8.43. The van der Waals surface area contributed by atoms with E-state index in [0.717, 1.165) is 33.0 Å². The first-order valence-electron chi connectivity index (χ1n) is 3.89. The van der Waals surface area contributed by atoms with Crippen molar-refractivity contribution in [3.05, 3.63) is 12.2 Å². The lowest BCUT2D eigenvalue weighted by Crippen LogP contribution is -1.85. The number of hydrogen-bond donors (Lipinski definition) is 0. The van der Waals surface area contributed by atoms with Crippen LogP contribution in [0, 0.1) is 0 Å². The van der Waals surface area contributed by atoms with Gasteiger partial charge in [0.15, 0.2) is 0 Å². The van der Waals surface area contributed by atoms with E-state index in [1.807, 2.05) is 13.1 Å². The van der Waals surface area contributed by atoms with Crippen molar-refractivity contribution >= 4 is 26.9 Å². The Hall–Kier alpha value is -0.750. The van der Waals surface area contributed by atoms with Gasteiger partial charge in [-0.2, -0.15) is 0 Å². The normalized spacial score (nSPS) is 11.8. The van der Waals surface area contributed by atoms with Gasteiger partial charge in [0.25, 0.3) is 0 Å². The summed E-state index contributed by atoms with van der Waals surface area (Å²) in [5.41, 5.74) is 1.00. The van der Waals surface area contributed by atoms with Crippen LogP contribution in [0.15, 0.2) is 22.1 Å². The van der Waals surface area contributed by atoms with E-state index in [4.69, 9.17) is 0 Å². The van der Waals surface area contributed by atoms with Crippen LogP contribution in [-0.4, -0.2) is 31.6 Å². The second kappa shape index (κ2) is 8.35. The average Bonchev–Trinajstić information content (AvgIpc) is 2.09. The first kappa shape index (κ1) is 11.2. The molecule has 0 N–H and O–H groups in total. The minimum atomic E-state index is 0.776. The fraction of sp³-hybridized carbons (Fsp3) is 0.444. The van der Waals surface area contributed by atoms with E-state index in [1.165, 1.54) is 0 Å². The molecule has 12 heavy (non-hydrogen) atoms. The van der Waals surface area contributed by atoms with E-state index in [1.54, 1.807) is 6.21 Å². The van der Waals surface area contributed by atoms with Gasteiger partial charge < -0.3 is 0 Å². The Morgan fingerprint density at radius 1 is 1.50 bits per heavy atom. The zero-order chi connectivity index (χ0) is 9.23. The molecule has 3 heteroatoms. The third-order valence-corrected chi connectivity index (χ3v) is 1.48. The summed E-state index contributed by atoms with van der Waals surface area (Å²) in [4.78, 5) is 8.19. The quantitative estimate of drug-likeness (QED) is 0.445. The maximum absolute atomic E-state index is 4.12. The molecular formula is C9H15N2P. The third kappa shape index (κ3) is 7.36. The summed E-state index contributed by atoms with van der Waals surface area (Å²) in [6, 6.07) is 0. The Balaban J connectivity index is 3.56. The summed E-state index contributed by atoms with van der Waals surface area (Å²) in [7, 11) is 1.06. The molecule has 0 aliphatic heterocycles. The molecule has 0 saturated heterocycles. The summed E-state index contributed by atoms with van der Waals surface area (Å²) in [6.07, 6.45) is 8.89. The molecule has 0 saturated carbocycles. The Labute approximate surface area is 75.9 Å². The van der Waals surface area contributed by atoms with Gasteiger partial charge in [-0.15, -0.1) is 0 Å². The van der Waals surface area contributed by atoms with Gasteiger partial charge in [-0.05, 0) is 12.5 Å². The number of aliphatic imine (C=N–C) groups is 2. The largest absolute Gasteiger partial charge is 0.293 e. The lowest BCUT2D eigenvalue weighted by atomic mass is 10.2. The second-order valence-corrected chi connectivity index (χ2v) is 2.95. The summed E-state index contributed by atoms with van der Waals surface area (Å²) in [5, 5.41) is 0. The van der Waals surface area contributed by atoms with Crippen molar-refractivity contribution in [3.8, 4) is 0 Å². The minimum Gasteiger partial charge on any atom is -0.293 e. The van der Waals surface area contributed by atoms with E-state index in [2.05, 4.69) is 22.9 Å². The van der Waals surface area contributed by atoms with Crippen LogP contribution >= 0.6 is 8.20 Å². The average molecular weight is 182 g/mol. The molecule has 0 spiro atoms. The third-order valence-electron chi connectivity index (χ3n) is 1.12. The highest BCUT2D eigenvalue weighted by Crippen LogP contribution is 1.93. The number of hydrogen-bond acceptors (Lipinski definition) is 2. The van der Waals surface area contributed by atoms with Gasteiger partial charge in [0.1, 0.15) is 0 Å². The maximum atomic E-state index is 4.12. The van der Waals surface area contributed by atoms with Crippen LogP contribution in [0.2, 0.25) is 0 Å². The Morgan fingerprint density at radius 2 is 2.25 bits per heavy atom. The summed E-state index contributed by atoms with van der Waals surface area (Å²) in [6.45, 7) is 6.64. The van der Waals surface area contributed by atoms with Crippen molar-refractivity contribution in [2.75, 3.05) is 12.8 Å². The molecule has 66 valence electrons. The molecule has 0 atom stereocenters. The molecular weight excluding hydrogens is 167 g/mol. The lowest BCUT2D eigenvalue weighted by Gasteiger charge is -1.90. The van der Waals surface area contributed by atoms with Crippen LogP contribution in [0.1, 0.15) is 13.3 Å². The van der Waals surface area contributed by atoms with Crippen molar-refractivity contribution in [2.45, 2.75) is 13.3 Å². The number of rotatable bonds is 6. The monoisotopic (exact) mass is 182 g/mol. The lowest BCUT2D eigenvalue weighted by molar-refractivity contribution is 1.14. The number of allylic oxidation sites excluding steroid dienone is 1. The molecule has 0 rings (SSSR count). The van der Waals surface area contributed by atoms with E-state index in [-0.39, 0.29) is 0 Å². The van der Waals surface area contributed by atoms with Crippen molar-refractivity contribution in [1.29, 1.82) is 0 Å².